The summed E-state index contributed by atoms with van der Waals surface area (Å²) in [5.74, 6) is 0. The van der Waals surface area contributed by atoms with E-state index in [4.69, 9.17) is 28.9 Å². The third kappa shape index (κ3) is 2.79. The molecule has 3 rings (SSSR count). The van der Waals surface area contributed by atoms with Gasteiger partial charge in [-0.15, -0.1) is 11.3 Å². The van der Waals surface area contributed by atoms with Gasteiger partial charge in [0.1, 0.15) is 0 Å². The maximum absolute atomic E-state index is 6.39. The normalized spacial score (nSPS) is 11.5. The molecule has 0 spiro atoms. The number of thiophene rings is 1. The molecular formula is C17H18Cl2N2S. The number of aromatic amines is 1. The highest BCUT2D eigenvalue weighted by Crippen LogP contribution is 2.40. The molecule has 2 heterocycles. The van der Waals surface area contributed by atoms with Crippen LogP contribution in [0.3, 0.4) is 0 Å². The van der Waals surface area contributed by atoms with Gasteiger partial charge in [-0.05, 0) is 61.4 Å². The minimum absolute atomic E-state index is 0.582. The van der Waals surface area contributed by atoms with Crippen molar-refractivity contribution in [2.75, 3.05) is 6.54 Å². The lowest BCUT2D eigenvalue weighted by molar-refractivity contribution is 0.748. The van der Waals surface area contributed by atoms with Crippen LogP contribution >= 0.6 is 34.5 Å². The molecule has 0 atom stereocenters. The van der Waals surface area contributed by atoms with E-state index in [1.807, 2.05) is 6.07 Å². The van der Waals surface area contributed by atoms with Crippen molar-refractivity contribution >= 4 is 45.4 Å². The van der Waals surface area contributed by atoms with Gasteiger partial charge in [-0.2, -0.15) is 0 Å². The zero-order valence-electron chi connectivity index (χ0n) is 12.4. The minimum atomic E-state index is 0.582. The van der Waals surface area contributed by atoms with Crippen molar-refractivity contribution < 1.29 is 0 Å². The number of halogens is 2. The van der Waals surface area contributed by atoms with E-state index in [9.17, 15) is 0 Å². The Labute approximate surface area is 144 Å². The van der Waals surface area contributed by atoms with E-state index >= 15 is 0 Å². The Bertz CT molecular complexity index is 804. The summed E-state index contributed by atoms with van der Waals surface area (Å²) in [6.07, 6.45) is 3.08. The van der Waals surface area contributed by atoms with Crippen LogP contribution in [0.5, 0.6) is 0 Å². The molecule has 5 heteroatoms. The molecule has 2 aromatic heterocycles. The molecule has 116 valence electrons. The maximum Gasteiger partial charge on any atom is 0.0833 e. The molecular weight excluding hydrogens is 335 g/mol. The Kier molecular flexibility index (Phi) is 4.79. The fraction of sp³-hybridized carbons (Fsp3) is 0.294. The molecule has 0 aliphatic rings. The van der Waals surface area contributed by atoms with Gasteiger partial charge in [-0.3, -0.25) is 0 Å². The van der Waals surface area contributed by atoms with Gasteiger partial charge in [-0.25, -0.2) is 0 Å². The SMILES string of the molecule is Cc1ccsc1-c1[nH]c2c(Cl)c(Cl)ccc2c1CCCCN. The molecule has 0 amide bonds. The van der Waals surface area contributed by atoms with E-state index in [0.717, 1.165) is 36.7 Å². The Morgan fingerprint density at radius 2 is 2.00 bits per heavy atom. The van der Waals surface area contributed by atoms with Gasteiger partial charge in [0.2, 0.25) is 0 Å². The summed E-state index contributed by atoms with van der Waals surface area (Å²) in [5.41, 5.74) is 10.3. The first kappa shape index (κ1) is 15.9. The van der Waals surface area contributed by atoms with Crippen LogP contribution in [-0.2, 0) is 6.42 Å². The Hall–Kier alpha value is -1.00. The number of unbranched alkanes of at least 4 members (excludes halogenated alkanes) is 1. The number of H-pyrrole nitrogens is 1. The highest BCUT2D eigenvalue weighted by Gasteiger charge is 2.18. The summed E-state index contributed by atoms with van der Waals surface area (Å²) < 4.78 is 0. The highest BCUT2D eigenvalue weighted by atomic mass is 35.5. The average Bonchev–Trinajstić information content (AvgIpc) is 3.07. The van der Waals surface area contributed by atoms with E-state index in [0.29, 0.717) is 10.0 Å². The van der Waals surface area contributed by atoms with E-state index in [1.165, 1.54) is 21.7 Å². The van der Waals surface area contributed by atoms with Crippen LogP contribution in [0.15, 0.2) is 23.6 Å². The number of nitrogens with two attached hydrogens (primary N) is 1. The van der Waals surface area contributed by atoms with Gasteiger partial charge in [-0.1, -0.05) is 29.3 Å². The minimum Gasteiger partial charge on any atom is -0.352 e. The van der Waals surface area contributed by atoms with Crippen molar-refractivity contribution in [3.63, 3.8) is 0 Å². The average molecular weight is 353 g/mol. The molecule has 0 aliphatic heterocycles. The van der Waals surface area contributed by atoms with Crippen LogP contribution < -0.4 is 5.73 Å². The number of nitrogens with one attached hydrogen (secondary N) is 1. The van der Waals surface area contributed by atoms with Gasteiger partial charge < -0.3 is 10.7 Å². The Morgan fingerprint density at radius 3 is 2.68 bits per heavy atom. The predicted molar refractivity (Wildman–Crippen MR) is 98.4 cm³/mol. The van der Waals surface area contributed by atoms with Crippen molar-refractivity contribution in [1.82, 2.24) is 4.98 Å². The summed E-state index contributed by atoms with van der Waals surface area (Å²) >= 11 is 14.3. The molecule has 3 N–H and O–H groups in total. The monoisotopic (exact) mass is 352 g/mol. The first-order valence-corrected chi connectivity index (χ1v) is 9.00. The van der Waals surface area contributed by atoms with Crippen LogP contribution in [0, 0.1) is 6.92 Å². The number of fused-ring (bicyclic) bond motifs is 1. The van der Waals surface area contributed by atoms with Crippen LogP contribution in [0.2, 0.25) is 10.0 Å². The Balaban J connectivity index is 2.19. The number of aryl methyl sites for hydroxylation is 2. The molecule has 22 heavy (non-hydrogen) atoms. The smallest absolute Gasteiger partial charge is 0.0833 e. The fourth-order valence-electron chi connectivity index (χ4n) is 2.79. The van der Waals surface area contributed by atoms with Crippen molar-refractivity contribution in [3.8, 4) is 10.6 Å². The topological polar surface area (TPSA) is 41.8 Å². The highest BCUT2D eigenvalue weighted by molar-refractivity contribution is 7.13. The molecule has 0 unspecified atom stereocenters. The number of benzene rings is 1. The first-order valence-electron chi connectivity index (χ1n) is 7.36. The van der Waals surface area contributed by atoms with Crippen molar-refractivity contribution in [1.29, 1.82) is 0 Å². The third-order valence-electron chi connectivity index (χ3n) is 3.94. The van der Waals surface area contributed by atoms with Crippen LogP contribution in [-0.4, -0.2) is 11.5 Å². The summed E-state index contributed by atoms with van der Waals surface area (Å²) in [7, 11) is 0. The quantitative estimate of drug-likeness (QED) is 0.560. The second-order valence-corrected chi connectivity index (χ2v) is 7.14. The summed E-state index contributed by atoms with van der Waals surface area (Å²) in [6.45, 7) is 2.86. The van der Waals surface area contributed by atoms with Crippen LogP contribution in [0.1, 0.15) is 24.0 Å². The summed E-state index contributed by atoms with van der Waals surface area (Å²) in [4.78, 5) is 4.78. The standard InChI is InChI=1S/C17H18Cl2N2S/c1-10-7-9-22-17(10)16-11(4-2-3-8-20)12-5-6-13(18)14(19)15(12)21-16/h5-7,9,21H,2-4,8,20H2,1H3. The second-order valence-electron chi connectivity index (χ2n) is 5.44. The third-order valence-corrected chi connectivity index (χ3v) is 5.78. The largest absolute Gasteiger partial charge is 0.352 e. The zero-order chi connectivity index (χ0) is 15.7. The molecule has 0 radical (unpaired) electrons. The van der Waals surface area contributed by atoms with E-state index in [-0.39, 0.29) is 0 Å². The van der Waals surface area contributed by atoms with Gasteiger partial charge in [0.15, 0.2) is 0 Å². The van der Waals surface area contributed by atoms with Crippen molar-refractivity contribution in [2.24, 2.45) is 5.73 Å². The summed E-state index contributed by atoms with van der Waals surface area (Å²) in [6, 6.07) is 6.07. The molecule has 0 aliphatic carbocycles. The van der Waals surface area contributed by atoms with E-state index < -0.39 is 0 Å². The molecule has 0 bridgehead atoms. The molecule has 1 aromatic carbocycles. The molecule has 3 aromatic rings. The lowest BCUT2D eigenvalue weighted by atomic mass is 10.0. The zero-order valence-corrected chi connectivity index (χ0v) is 14.7. The van der Waals surface area contributed by atoms with Gasteiger partial charge >= 0.3 is 0 Å². The second kappa shape index (κ2) is 6.63. The van der Waals surface area contributed by atoms with Gasteiger partial charge in [0.25, 0.3) is 0 Å². The molecule has 0 saturated heterocycles. The van der Waals surface area contributed by atoms with Crippen LogP contribution in [0.25, 0.3) is 21.5 Å². The number of rotatable bonds is 5. The van der Waals surface area contributed by atoms with E-state index in [1.54, 1.807) is 11.3 Å². The molecule has 0 fully saturated rings. The van der Waals surface area contributed by atoms with E-state index in [2.05, 4.69) is 29.4 Å². The lowest BCUT2D eigenvalue weighted by Gasteiger charge is -2.04. The number of aromatic nitrogens is 1. The fourth-order valence-corrected chi connectivity index (χ4v) is 4.11. The lowest BCUT2D eigenvalue weighted by Crippen LogP contribution is -1.99. The van der Waals surface area contributed by atoms with Crippen molar-refractivity contribution in [3.05, 3.63) is 44.8 Å². The van der Waals surface area contributed by atoms with Crippen molar-refractivity contribution in [2.45, 2.75) is 26.2 Å². The first-order chi connectivity index (χ1) is 10.6. The Morgan fingerprint density at radius 1 is 1.18 bits per heavy atom. The molecule has 2 nitrogen and oxygen atoms in total. The number of hydrogen-bond donors (Lipinski definition) is 2. The van der Waals surface area contributed by atoms with Gasteiger partial charge in [0.05, 0.1) is 26.1 Å². The molecule has 0 saturated carbocycles. The predicted octanol–water partition coefficient (Wildman–Crippen LogP) is 5.79. The maximum atomic E-state index is 6.39. The summed E-state index contributed by atoms with van der Waals surface area (Å²) in [5, 5.41) is 4.46. The van der Waals surface area contributed by atoms with Gasteiger partial charge in [0, 0.05) is 5.39 Å². The number of hydrogen-bond acceptors (Lipinski definition) is 2. The van der Waals surface area contributed by atoms with Crippen LogP contribution in [0.4, 0.5) is 0 Å².